The highest BCUT2D eigenvalue weighted by atomic mass is 35.5. The third kappa shape index (κ3) is 4.45. The molecule has 0 spiro atoms. The van der Waals surface area contributed by atoms with Gasteiger partial charge in [-0.15, -0.1) is 0 Å². The van der Waals surface area contributed by atoms with Crippen molar-refractivity contribution in [1.82, 2.24) is 10.6 Å². The molecule has 4 heteroatoms. The van der Waals surface area contributed by atoms with Gasteiger partial charge in [0.25, 0.3) is 0 Å². The van der Waals surface area contributed by atoms with Crippen LogP contribution < -0.4 is 10.6 Å². The Morgan fingerprint density at radius 2 is 2.05 bits per heavy atom. The topological polar surface area (TPSA) is 41.1 Å². The molecule has 1 heterocycles. The van der Waals surface area contributed by atoms with Crippen LogP contribution in [0, 0.1) is 5.92 Å². The van der Waals surface area contributed by atoms with Crippen LogP contribution in [-0.4, -0.2) is 25.0 Å². The molecule has 21 heavy (non-hydrogen) atoms. The van der Waals surface area contributed by atoms with Crippen molar-refractivity contribution in [1.29, 1.82) is 0 Å². The maximum Gasteiger partial charge on any atom is 0.223 e. The van der Waals surface area contributed by atoms with Crippen LogP contribution in [0.25, 0.3) is 0 Å². The van der Waals surface area contributed by atoms with Crippen LogP contribution in [0.2, 0.25) is 5.02 Å². The Morgan fingerprint density at radius 3 is 2.67 bits per heavy atom. The molecule has 2 N–H and O–H groups in total. The summed E-state index contributed by atoms with van der Waals surface area (Å²) in [6, 6.07) is 8.28. The fourth-order valence-corrected chi connectivity index (χ4v) is 2.95. The summed E-state index contributed by atoms with van der Waals surface area (Å²) in [7, 11) is 0. The van der Waals surface area contributed by atoms with E-state index in [-0.39, 0.29) is 17.2 Å². The lowest BCUT2D eigenvalue weighted by Crippen LogP contribution is -2.45. The van der Waals surface area contributed by atoms with Gasteiger partial charge in [-0.05, 0) is 44.0 Å². The fourth-order valence-electron chi connectivity index (χ4n) is 2.83. The molecule has 0 bridgehead atoms. The zero-order valence-corrected chi connectivity index (χ0v) is 13.8. The number of amides is 1. The summed E-state index contributed by atoms with van der Waals surface area (Å²) in [5.41, 5.74) is 1.09. The Labute approximate surface area is 132 Å². The first-order valence-electron chi connectivity index (χ1n) is 7.65. The van der Waals surface area contributed by atoms with E-state index in [1.807, 2.05) is 24.3 Å². The van der Waals surface area contributed by atoms with Gasteiger partial charge in [-0.2, -0.15) is 0 Å². The van der Waals surface area contributed by atoms with Gasteiger partial charge in [-0.3, -0.25) is 4.79 Å². The van der Waals surface area contributed by atoms with E-state index in [1.54, 1.807) is 0 Å². The van der Waals surface area contributed by atoms with Gasteiger partial charge in [-0.1, -0.05) is 37.6 Å². The summed E-state index contributed by atoms with van der Waals surface area (Å²) in [6.07, 6.45) is 1.85. The van der Waals surface area contributed by atoms with Crippen LogP contribution in [0.1, 0.15) is 39.2 Å². The summed E-state index contributed by atoms with van der Waals surface area (Å²) in [5, 5.41) is 7.24. The van der Waals surface area contributed by atoms with Crippen molar-refractivity contribution in [3.8, 4) is 0 Å². The zero-order chi connectivity index (χ0) is 15.5. The number of hydrogen-bond donors (Lipinski definition) is 2. The van der Waals surface area contributed by atoms with Crippen LogP contribution in [0.3, 0.4) is 0 Å². The number of nitrogens with one attached hydrogen (secondary N) is 2. The van der Waals surface area contributed by atoms with E-state index in [0.717, 1.165) is 24.4 Å². The maximum absolute atomic E-state index is 12.3. The zero-order valence-electron chi connectivity index (χ0n) is 13.1. The Bertz CT molecular complexity index is 484. The average Bonchev–Trinajstić information content (AvgIpc) is 2.45. The minimum absolute atomic E-state index is 0.0984. The van der Waals surface area contributed by atoms with Gasteiger partial charge in [0.2, 0.25) is 5.91 Å². The molecule has 0 aliphatic carbocycles. The molecule has 0 aromatic heterocycles. The molecular formula is C17H25ClN2O. The summed E-state index contributed by atoms with van der Waals surface area (Å²) in [6.45, 7) is 7.99. The monoisotopic (exact) mass is 308 g/mol. The highest BCUT2D eigenvalue weighted by Crippen LogP contribution is 2.24. The molecule has 1 aliphatic rings. The normalized spacial score (nSPS) is 22.9. The summed E-state index contributed by atoms with van der Waals surface area (Å²) in [5.74, 6) is 0.327. The number of hydrogen-bond acceptors (Lipinski definition) is 2. The summed E-state index contributed by atoms with van der Waals surface area (Å²) < 4.78 is 0. The number of benzene rings is 1. The van der Waals surface area contributed by atoms with Crippen LogP contribution >= 0.6 is 11.6 Å². The standard InChI is InChI=1S/C17H25ClN2O/c1-12-10-13(8-9-19-12)16(21)20-11-17(2,3)14-4-6-15(18)7-5-14/h4-7,12-13,19H,8-11H2,1-3H3,(H,20,21)/t12-,13-/m0/s1. The lowest BCUT2D eigenvalue weighted by atomic mass is 9.84. The number of halogens is 1. The number of carbonyl (C=O) groups excluding carboxylic acids is 1. The van der Waals surface area contributed by atoms with Gasteiger partial charge in [0.15, 0.2) is 0 Å². The molecule has 2 rings (SSSR count). The highest BCUT2D eigenvalue weighted by molar-refractivity contribution is 6.30. The first-order valence-corrected chi connectivity index (χ1v) is 8.03. The van der Waals surface area contributed by atoms with Crippen molar-refractivity contribution in [2.24, 2.45) is 5.92 Å². The average molecular weight is 309 g/mol. The van der Waals surface area contributed by atoms with Crippen molar-refractivity contribution < 1.29 is 4.79 Å². The quantitative estimate of drug-likeness (QED) is 0.897. The second kappa shape index (κ2) is 6.80. The molecule has 0 radical (unpaired) electrons. The Hall–Kier alpha value is -1.06. The SMILES string of the molecule is C[C@H]1C[C@@H](C(=O)NCC(C)(C)c2ccc(Cl)cc2)CCN1. The van der Waals surface area contributed by atoms with Crippen molar-refractivity contribution in [2.45, 2.75) is 45.1 Å². The number of rotatable bonds is 4. The molecular weight excluding hydrogens is 284 g/mol. The Kier molecular flexibility index (Phi) is 5.28. The first kappa shape index (κ1) is 16.3. The predicted octanol–water partition coefficient (Wildman–Crippen LogP) is 3.12. The third-order valence-electron chi connectivity index (χ3n) is 4.32. The van der Waals surface area contributed by atoms with Crippen LogP contribution in [-0.2, 0) is 10.2 Å². The van der Waals surface area contributed by atoms with Gasteiger partial charge < -0.3 is 10.6 Å². The minimum Gasteiger partial charge on any atom is -0.355 e. The van der Waals surface area contributed by atoms with Gasteiger partial charge in [0.05, 0.1) is 0 Å². The minimum atomic E-state index is -0.0984. The van der Waals surface area contributed by atoms with E-state index in [2.05, 4.69) is 31.4 Å². The van der Waals surface area contributed by atoms with E-state index in [4.69, 9.17) is 11.6 Å². The molecule has 2 atom stereocenters. The molecule has 1 aliphatic heterocycles. The Balaban J connectivity index is 1.91. The molecule has 1 saturated heterocycles. The second-order valence-corrected chi connectivity index (χ2v) is 7.12. The lowest BCUT2D eigenvalue weighted by Gasteiger charge is -2.30. The van der Waals surface area contributed by atoms with E-state index in [0.29, 0.717) is 12.6 Å². The smallest absolute Gasteiger partial charge is 0.223 e. The van der Waals surface area contributed by atoms with Crippen LogP contribution in [0.15, 0.2) is 24.3 Å². The van der Waals surface area contributed by atoms with Gasteiger partial charge in [-0.25, -0.2) is 0 Å². The molecule has 1 amide bonds. The lowest BCUT2D eigenvalue weighted by molar-refractivity contribution is -0.126. The van der Waals surface area contributed by atoms with Gasteiger partial charge >= 0.3 is 0 Å². The van der Waals surface area contributed by atoms with Crippen molar-refractivity contribution in [2.75, 3.05) is 13.1 Å². The third-order valence-corrected chi connectivity index (χ3v) is 4.58. The molecule has 0 saturated carbocycles. The van der Waals surface area contributed by atoms with E-state index in [9.17, 15) is 4.79 Å². The van der Waals surface area contributed by atoms with Crippen molar-refractivity contribution >= 4 is 17.5 Å². The summed E-state index contributed by atoms with van der Waals surface area (Å²) >= 11 is 5.93. The van der Waals surface area contributed by atoms with E-state index in [1.165, 1.54) is 5.56 Å². The predicted molar refractivity (Wildman–Crippen MR) is 87.7 cm³/mol. The maximum atomic E-state index is 12.3. The molecule has 1 fully saturated rings. The number of piperidine rings is 1. The Morgan fingerprint density at radius 1 is 1.38 bits per heavy atom. The van der Waals surface area contributed by atoms with Gasteiger partial charge in [0, 0.05) is 28.9 Å². The second-order valence-electron chi connectivity index (χ2n) is 6.69. The van der Waals surface area contributed by atoms with Gasteiger partial charge in [0.1, 0.15) is 0 Å². The number of carbonyl (C=O) groups is 1. The van der Waals surface area contributed by atoms with E-state index < -0.39 is 0 Å². The van der Waals surface area contributed by atoms with Crippen LogP contribution in [0.5, 0.6) is 0 Å². The molecule has 3 nitrogen and oxygen atoms in total. The molecule has 0 unspecified atom stereocenters. The molecule has 116 valence electrons. The van der Waals surface area contributed by atoms with E-state index >= 15 is 0 Å². The first-order chi connectivity index (χ1) is 9.88. The highest BCUT2D eigenvalue weighted by Gasteiger charge is 2.27. The largest absolute Gasteiger partial charge is 0.355 e. The van der Waals surface area contributed by atoms with Crippen molar-refractivity contribution in [3.05, 3.63) is 34.9 Å². The fraction of sp³-hybridized carbons (Fsp3) is 0.588. The van der Waals surface area contributed by atoms with Crippen molar-refractivity contribution in [3.63, 3.8) is 0 Å². The molecule has 1 aromatic rings. The summed E-state index contributed by atoms with van der Waals surface area (Å²) in [4.78, 5) is 12.3. The van der Waals surface area contributed by atoms with Crippen LogP contribution in [0.4, 0.5) is 0 Å². The molecule has 1 aromatic carbocycles.